The fraction of sp³-hybridized carbons (Fsp3) is 0.222. The van der Waals surface area contributed by atoms with Gasteiger partial charge in [-0.3, -0.25) is 4.79 Å². The molecule has 0 fully saturated rings. The zero-order valence-electron chi connectivity index (χ0n) is 21.3. The lowest BCUT2D eigenvalue weighted by molar-refractivity contribution is 0.0609. The molecule has 1 amide bonds. The summed E-state index contributed by atoms with van der Waals surface area (Å²) in [7, 11) is -4.50. The first kappa shape index (κ1) is 27.6. The number of ketones is 1. The molecule has 11 heteroatoms. The van der Waals surface area contributed by atoms with Crippen LogP contribution < -0.4 is 9.04 Å². The molecule has 0 aliphatic carbocycles. The minimum atomic E-state index is -4.50. The van der Waals surface area contributed by atoms with Gasteiger partial charge in [0.2, 0.25) is 5.88 Å². The smallest absolute Gasteiger partial charge is 0.429 e. The fourth-order valence-electron chi connectivity index (χ4n) is 3.71. The van der Waals surface area contributed by atoms with E-state index in [1.807, 2.05) is 0 Å². The van der Waals surface area contributed by atoms with E-state index in [1.54, 1.807) is 58.0 Å². The van der Waals surface area contributed by atoms with E-state index in [2.05, 4.69) is 4.98 Å². The number of amides is 1. The van der Waals surface area contributed by atoms with Crippen molar-refractivity contribution < 1.29 is 27.5 Å². The molecule has 1 aromatic heterocycles. The van der Waals surface area contributed by atoms with Gasteiger partial charge in [-0.1, -0.05) is 48.0 Å². The third-order valence-corrected chi connectivity index (χ3v) is 8.46. The van der Waals surface area contributed by atoms with Crippen LogP contribution in [-0.4, -0.2) is 30.9 Å². The number of hydrogen-bond donors (Lipinski definition) is 0. The van der Waals surface area contributed by atoms with Crippen LogP contribution in [-0.2, 0) is 14.8 Å². The van der Waals surface area contributed by atoms with Gasteiger partial charge in [0.05, 0.1) is 15.7 Å². The van der Waals surface area contributed by atoms with Crippen LogP contribution in [0.2, 0.25) is 5.02 Å². The number of sulfonamides is 1. The summed E-state index contributed by atoms with van der Waals surface area (Å²) in [6, 6.07) is 15.7. The maximum absolute atomic E-state index is 13.9. The third-order valence-electron chi connectivity index (χ3n) is 5.22. The molecule has 198 valence electrons. The molecule has 0 saturated carbocycles. The Kier molecular flexibility index (Phi) is 7.51. The van der Waals surface area contributed by atoms with Crippen molar-refractivity contribution in [1.29, 1.82) is 0 Å². The van der Waals surface area contributed by atoms with Crippen molar-refractivity contribution in [2.24, 2.45) is 0 Å². The number of aryl methyl sites for hydroxylation is 1. The highest BCUT2D eigenvalue weighted by atomic mass is 35.5. The summed E-state index contributed by atoms with van der Waals surface area (Å²) in [5.74, 6) is 0.301. The van der Waals surface area contributed by atoms with Gasteiger partial charge in [-0.2, -0.15) is 4.31 Å². The fourth-order valence-corrected chi connectivity index (χ4v) is 6.29. The Morgan fingerprint density at radius 3 is 2.24 bits per heavy atom. The van der Waals surface area contributed by atoms with Crippen LogP contribution in [0.15, 0.2) is 65.6 Å². The Labute approximate surface area is 229 Å². The number of carbonyl (C=O) groups excluding carboxylic acids is 2. The normalized spacial score (nSPS) is 11.8. The standard InChI is InChI=1S/C27H25ClN2O6S2/c1-16(31)24-25(29-17(2)37-24)35-22-15-14-21(18-10-6-7-11-19(18)22)30(26(32)36-27(3,4)5)38(33,34)23-13-9-8-12-20(23)28/h6-15H,1-5H3. The van der Waals surface area contributed by atoms with Crippen molar-refractivity contribution >= 4 is 61.3 Å². The van der Waals surface area contributed by atoms with E-state index in [0.717, 1.165) is 0 Å². The Bertz CT molecular complexity index is 1660. The topological polar surface area (TPSA) is 103 Å². The minimum absolute atomic E-state index is 0.0408. The number of Topliss-reactive ketones (excluding diaryl/α,β-unsaturated/α-hetero) is 1. The van der Waals surface area contributed by atoms with E-state index in [0.29, 0.717) is 30.7 Å². The number of fused-ring (bicyclic) bond motifs is 1. The number of anilines is 1. The van der Waals surface area contributed by atoms with Gasteiger partial charge in [0, 0.05) is 17.7 Å². The average molecular weight is 573 g/mol. The molecule has 0 radical (unpaired) electrons. The lowest BCUT2D eigenvalue weighted by atomic mass is 10.1. The van der Waals surface area contributed by atoms with E-state index in [4.69, 9.17) is 21.1 Å². The Morgan fingerprint density at radius 2 is 1.61 bits per heavy atom. The first-order valence-electron chi connectivity index (χ1n) is 11.5. The number of rotatable bonds is 6. The number of carbonyl (C=O) groups is 2. The van der Waals surface area contributed by atoms with Crippen LogP contribution in [0.5, 0.6) is 11.6 Å². The predicted molar refractivity (Wildman–Crippen MR) is 148 cm³/mol. The molecule has 0 atom stereocenters. The van der Waals surface area contributed by atoms with Crippen LogP contribution in [0.1, 0.15) is 42.4 Å². The molecule has 38 heavy (non-hydrogen) atoms. The minimum Gasteiger partial charge on any atom is -0.443 e. The molecule has 0 N–H and O–H groups in total. The van der Waals surface area contributed by atoms with Crippen LogP contribution in [0.4, 0.5) is 10.5 Å². The highest BCUT2D eigenvalue weighted by molar-refractivity contribution is 7.93. The number of benzene rings is 3. The second-order valence-electron chi connectivity index (χ2n) is 9.33. The molecule has 0 bridgehead atoms. The highest BCUT2D eigenvalue weighted by Crippen LogP contribution is 2.40. The molecular weight excluding hydrogens is 548 g/mol. The molecule has 0 spiro atoms. The summed E-state index contributed by atoms with van der Waals surface area (Å²) in [6.07, 6.45) is -1.09. The first-order chi connectivity index (χ1) is 17.8. The predicted octanol–water partition coefficient (Wildman–Crippen LogP) is 7.38. The number of hydrogen-bond acceptors (Lipinski definition) is 8. The van der Waals surface area contributed by atoms with Gasteiger partial charge in [0.25, 0.3) is 10.0 Å². The summed E-state index contributed by atoms with van der Waals surface area (Å²) >= 11 is 7.46. The summed E-state index contributed by atoms with van der Waals surface area (Å²) in [5.41, 5.74) is -0.932. The molecule has 0 saturated heterocycles. The van der Waals surface area contributed by atoms with Gasteiger partial charge in [-0.25, -0.2) is 18.2 Å². The maximum Gasteiger partial charge on any atom is 0.429 e. The molecule has 4 aromatic rings. The van der Waals surface area contributed by atoms with Crippen LogP contribution >= 0.6 is 22.9 Å². The first-order valence-corrected chi connectivity index (χ1v) is 14.1. The van der Waals surface area contributed by atoms with Gasteiger partial charge in [-0.05, 0) is 52.0 Å². The van der Waals surface area contributed by atoms with E-state index in [9.17, 15) is 18.0 Å². The van der Waals surface area contributed by atoms with Crippen molar-refractivity contribution in [3.05, 3.63) is 75.6 Å². The number of thiazole rings is 1. The molecule has 4 rings (SSSR count). The number of ether oxygens (including phenoxy) is 2. The van der Waals surface area contributed by atoms with Crippen LogP contribution in [0, 0.1) is 6.92 Å². The largest absolute Gasteiger partial charge is 0.443 e. The summed E-state index contributed by atoms with van der Waals surface area (Å²) in [5, 5.41) is 1.50. The summed E-state index contributed by atoms with van der Waals surface area (Å²) in [6.45, 7) is 8.12. The van der Waals surface area contributed by atoms with Gasteiger partial charge < -0.3 is 9.47 Å². The zero-order valence-corrected chi connectivity index (χ0v) is 23.7. The molecule has 8 nitrogen and oxygen atoms in total. The molecule has 0 unspecified atom stereocenters. The Hall–Kier alpha value is -3.47. The van der Waals surface area contributed by atoms with Crippen molar-refractivity contribution in [2.45, 2.75) is 45.1 Å². The SMILES string of the molecule is CC(=O)c1sc(C)nc1Oc1ccc(N(C(=O)OC(C)(C)C)S(=O)(=O)c2ccccc2Cl)c2ccccc12. The van der Waals surface area contributed by atoms with Crippen LogP contribution in [0.3, 0.4) is 0 Å². The molecule has 0 aliphatic rings. The lowest BCUT2D eigenvalue weighted by Gasteiger charge is -2.28. The van der Waals surface area contributed by atoms with Gasteiger partial charge in [0.15, 0.2) is 5.78 Å². The van der Waals surface area contributed by atoms with Crippen molar-refractivity contribution in [1.82, 2.24) is 4.98 Å². The second kappa shape index (κ2) is 10.4. The van der Waals surface area contributed by atoms with E-state index < -0.39 is 21.7 Å². The Balaban J connectivity index is 1.92. The van der Waals surface area contributed by atoms with E-state index in [1.165, 1.54) is 48.6 Å². The quantitative estimate of drug-likeness (QED) is 0.222. The zero-order chi connectivity index (χ0) is 27.8. The van der Waals surface area contributed by atoms with Gasteiger partial charge >= 0.3 is 6.09 Å². The average Bonchev–Trinajstić information content (AvgIpc) is 3.20. The number of aromatic nitrogens is 1. The lowest BCUT2D eigenvalue weighted by Crippen LogP contribution is -2.41. The monoisotopic (exact) mass is 572 g/mol. The highest BCUT2D eigenvalue weighted by Gasteiger charge is 2.37. The number of nitrogens with zero attached hydrogens (tertiary/aromatic N) is 2. The van der Waals surface area contributed by atoms with E-state index >= 15 is 0 Å². The third kappa shape index (κ3) is 5.52. The molecule has 0 aliphatic heterocycles. The second-order valence-corrected chi connectivity index (χ2v) is 12.7. The van der Waals surface area contributed by atoms with Crippen LogP contribution in [0.25, 0.3) is 10.8 Å². The molecule has 1 heterocycles. The Morgan fingerprint density at radius 1 is 0.974 bits per heavy atom. The maximum atomic E-state index is 13.9. The summed E-state index contributed by atoms with van der Waals surface area (Å²) < 4.78 is 39.9. The van der Waals surface area contributed by atoms with Crippen molar-refractivity contribution in [3.63, 3.8) is 0 Å². The molecular formula is C27H25ClN2O6S2. The van der Waals surface area contributed by atoms with Crippen molar-refractivity contribution in [3.8, 4) is 11.6 Å². The summed E-state index contributed by atoms with van der Waals surface area (Å²) in [4.78, 5) is 30.0. The van der Waals surface area contributed by atoms with E-state index in [-0.39, 0.29) is 27.3 Å². The van der Waals surface area contributed by atoms with Crippen molar-refractivity contribution in [2.75, 3.05) is 4.31 Å². The van der Waals surface area contributed by atoms with Gasteiger partial charge in [-0.15, -0.1) is 11.3 Å². The van der Waals surface area contributed by atoms with Gasteiger partial charge in [0.1, 0.15) is 21.1 Å². The molecule has 3 aromatic carbocycles. The number of halogens is 1.